The van der Waals surface area contributed by atoms with Gasteiger partial charge in [0, 0.05) is 15.6 Å². The highest BCUT2D eigenvalue weighted by molar-refractivity contribution is 7.99. The molecule has 30 heavy (non-hydrogen) atoms. The minimum atomic E-state index is -0.645. The number of aromatic nitrogens is 2. The fourth-order valence-electron chi connectivity index (χ4n) is 2.19. The number of benzene rings is 2. The molecule has 1 amide bonds. The molecule has 0 radical (unpaired) electrons. The average Bonchev–Trinajstić information content (AvgIpc) is 3.20. The van der Waals surface area contributed by atoms with Gasteiger partial charge in [-0.15, -0.1) is 10.2 Å². The third-order valence-electron chi connectivity index (χ3n) is 3.55. The van der Waals surface area contributed by atoms with Gasteiger partial charge in [0.2, 0.25) is 5.89 Å². The summed E-state index contributed by atoms with van der Waals surface area (Å²) in [5.74, 6) is -1.09. The van der Waals surface area contributed by atoms with E-state index in [-0.39, 0.29) is 28.1 Å². The van der Waals surface area contributed by atoms with Crippen LogP contribution < -0.4 is 5.32 Å². The van der Waals surface area contributed by atoms with Gasteiger partial charge in [-0.3, -0.25) is 9.59 Å². The molecule has 0 spiro atoms. The molecule has 11 heteroatoms. The molecule has 0 fully saturated rings. The molecule has 1 heterocycles. The second-order valence-corrected chi connectivity index (χ2v) is 7.48. The number of nitriles is 1. The lowest BCUT2D eigenvalue weighted by atomic mass is 10.2. The van der Waals surface area contributed by atoms with Crippen LogP contribution in [0.1, 0.15) is 5.56 Å². The van der Waals surface area contributed by atoms with E-state index in [0.29, 0.717) is 15.6 Å². The number of esters is 1. The Balaban J connectivity index is 1.46. The Bertz CT molecular complexity index is 1110. The number of carbonyl (C=O) groups excluding carboxylic acids is 2. The zero-order chi connectivity index (χ0) is 21.5. The molecule has 0 bridgehead atoms. The predicted octanol–water partition coefficient (Wildman–Crippen LogP) is 4.19. The van der Waals surface area contributed by atoms with E-state index in [2.05, 4.69) is 15.5 Å². The van der Waals surface area contributed by atoms with Crippen LogP contribution in [-0.2, 0) is 14.3 Å². The van der Waals surface area contributed by atoms with Gasteiger partial charge in [0.25, 0.3) is 11.1 Å². The molecule has 0 saturated heterocycles. The van der Waals surface area contributed by atoms with Crippen LogP contribution >= 0.6 is 35.0 Å². The van der Waals surface area contributed by atoms with E-state index in [1.807, 2.05) is 6.07 Å². The van der Waals surface area contributed by atoms with Gasteiger partial charge < -0.3 is 14.5 Å². The normalized spacial score (nSPS) is 10.3. The van der Waals surface area contributed by atoms with Crippen molar-refractivity contribution < 1.29 is 18.7 Å². The summed E-state index contributed by atoms with van der Waals surface area (Å²) in [7, 11) is 0. The minimum absolute atomic E-state index is 0.129. The van der Waals surface area contributed by atoms with E-state index >= 15 is 0 Å². The van der Waals surface area contributed by atoms with E-state index in [0.717, 1.165) is 11.8 Å². The van der Waals surface area contributed by atoms with Crippen molar-refractivity contribution in [2.75, 3.05) is 17.7 Å². The number of thioether (sulfide) groups is 1. The summed E-state index contributed by atoms with van der Waals surface area (Å²) in [5.41, 5.74) is 1.17. The molecule has 0 atom stereocenters. The monoisotopic (exact) mass is 462 g/mol. The van der Waals surface area contributed by atoms with Gasteiger partial charge in [0.05, 0.1) is 11.3 Å². The van der Waals surface area contributed by atoms with Crippen molar-refractivity contribution >= 4 is 52.5 Å². The first-order valence-electron chi connectivity index (χ1n) is 8.32. The molecular weight excluding hydrogens is 451 g/mol. The Morgan fingerprint density at radius 1 is 1.13 bits per heavy atom. The van der Waals surface area contributed by atoms with Crippen molar-refractivity contribution in [3.63, 3.8) is 0 Å². The van der Waals surface area contributed by atoms with Gasteiger partial charge in [-0.1, -0.05) is 35.0 Å². The molecule has 152 valence electrons. The quantitative estimate of drug-likeness (QED) is 0.409. The zero-order valence-corrected chi connectivity index (χ0v) is 17.4. The highest BCUT2D eigenvalue weighted by Gasteiger charge is 2.14. The molecule has 2 aromatic carbocycles. The molecule has 0 saturated carbocycles. The number of rotatable bonds is 7. The number of nitrogens with one attached hydrogen (secondary N) is 1. The molecule has 0 aliphatic rings. The van der Waals surface area contributed by atoms with Crippen LogP contribution in [0.4, 0.5) is 5.69 Å². The lowest BCUT2D eigenvalue weighted by Gasteiger charge is -2.08. The van der Waals surface area contributed by atoms with Crippen molar-refractivity contribution in [2.24, 2.45) is 0 Å². The second-order valence-electron chi connectivity index (χ2n) is 5.68. The highest BCUT2D eigenvalue weighted by Crippen LogP contribution is 2.24. The molecule has 0 unspecified atom stereocenters. The van der Waals surface area contributed by atoms with Crippen molar-refractivity contribution in [2.45, 2.75) is 5.22 Å². The van der Waals surface area contributed by atoms with Gasteiger partial charge >= 0.3 is 5.97 Å². The maximum atomic E-state index is 12.0. The standard InChI is InChI=1S/C19H12Cl2N4O4S/c20-13-4-1-11(2-5-13)18-24-25-19(29-18)30-10-17(27)28-9-16(26)23-15-7-14(21)6-3-12(15)8-22/h1-7H,9-10H2,(H,23,26). The summed E-state index contributed by atoms with van der Waals surface area (Å²) in [5, 5.41) is 20.4. The summed E-state index contributed by atoms with van der Waals surface area (Å²) < 4.78 is 10.4. The first-order chi connectivity index (χ1) is 14.4. The van der Waals surface area contributed by atoms with Crippen LogP contribution in [0, 0.1) is 11.3 Å². The second kappa shape index (κ2) is 10.1. The lowest BCUT2D eigenvalue weighted by Crippen LogP contribution is -2.22. The van der Waals surface area contributed by atoms with E-state index in [1.165, 1.54) is 18.2 Å². The number of amides is 1. The maximum Gasteiger partial charge on any atom is 0.316 e. The minimum Gasteiger partial charge on any atom is -0.455 e. The summed E-state index contributed by atoms with van der Waals surface area (Å²) >= 11 is 12.7. The number of carbonyl (C=O) groups is 2. The van der Waals surface area contributed by atoms with Crippen molar-refractivity contribution in [3.8, 4) is 17.5 Å². The number of halogens is 2. The summed E-state index contributed by atoms with van der Waals surface area (Å²) in [6.07, 6.45) is 0. The summed E-state index contributed by atoms with van der Waals surface area (Å²) in [6, 6.07) is 13.2. The van der Waals surface area contributed by atoms with E-state index in [4.69, 9.17) is 37.6 Å². The Kier molecular flexibility index (Phi) is 7.30. The topological polar surface area (TPSA) is 118 Å². The molecule has 0 aliphatic heterocycles. The number of nitrogens with zero attached hydrogens (tertiary/aromatic N) is 3. The van der Waals surface area contributed by atoms with Gasteiger partial charge in [0.1, 0.15) is 11.8 Å². The third kappa shape index (κ3) is 5.97. The SMILES string of the molecule is N#Cc1ccc(Cl)cc1NC(=O)COC(=O)CSc1nnc(-c2ccc(Cl)cc2)o1. The van der Waals surface area contributed by atoms with Crippen LogP contribution in [0.15, 0.2) is 52.1 Å². The fraction of sp³-hybridized carbons (Fsp3) is 0.105. The Labute approximate surface area is 185 Å². The largest absolute Gasteiger partial charge is 0.455 e. The molecule has 8 nitrogen and oxygen atoms in total. The fourth-order valence-corrected chi connectivity index (χ4v) is 3.05. The Morgan fingerprint density at radius 2 is 1.87 bits per heavy atom. The van der Waals surface area contributed by atoms with Gasteiger partial charge in [0.15, 0.2) is 6.61 Å². The number of anilines is 1. The van der Waals surface area contributed by atoms with Crippen LogP contribution in [0.5, 0.6) is 0 Å². The van der Waals surface area contributed by atoms with E-state index in [1.54, 1.807) is 24.3 Å². The predicted molar refractivity (Wildman–Crippen MR) is 111 cm³/mol. The van der Waals surface area contributed by atoms with Crippen LogP contribution in [0.2, 0.25) is 10.0 Å². The number of hydrogen-bond donors (Lipinski definition) is 1. The van der Waals surface area contributed by atoms with Gasteiger partial charge in [-0.2, -0.15) is 5.26 Å². The van der Waals surface area contributed by atoms with Gasteiger partial charge in [-0.05, 0) is 42.5 Å². The number of ether oxygens (including phenoxy) is 1. The first-order valence-corrected chi connectivity index (χ1v) is 10.1. The summed E-state index contributed by atoms with van der Waals surface area (Å²) in [6.45, 7) is -0.517. The molecule has 0 aliphatic carbocycles. The molecule has 3 aromatic rings. The van der Waals surface area contributed by atoms with E-state index in [9.17, 15) is 9.59 Å². The van der Waals surface area contributed by atoms with Crippen molar-refractivity contribution in [1.29, 1.82) is 5.26 Å². The van der Waals surface area contributed by atoms with E-state index < -0.39 is 18.5 Å². The first kappa shape index (κ1) is 21.6. The van der Waals surface area contributed by atoms with Crippen molar-refractivity contribution in [3.05, 3.63) is 58.1 Å². The van der Waals surface area contributed by atoms with Crippen LogP contribution in [0.25, 0.3) is 11.5 Å². The highest BCUT2D eigenvalue weighted by atomic mass is 35.5. The Hall–Kier alpha value is -3.06. The van der Waals surface area contributed by atoms with Gasteiger partial charge in [-0.25, -0.2) is 0 Å². The molecular formula is C19H12Cl2N4O4S. The smallest absolute Gasteiger partial charge is 0.316 e. The van der Waals surface area contributed by atoms with Crippen LogP contribution in [-0.4, -0.2) is 34.4 Å². The maximum absolute atomic E-state index is 12.0. The molecule has 3 rings (SSSR count). The Morgan fingerprint density at radius 3 is 2.60 bits per heavy atom. The lowest BCUT2D eigenvalue weighted by molar-refractivity contribution is -0.144. The molecule has 1 N–H and O–H groups in total. The summed E-state index contributed by atoms with van der Waals surface area (Å²) in [4.78, 5) is 23.8. The van der Waals surface area contributed by atoms with Crippen molar-refractivity contribution in [1.82, 2.24) is 10.2 Å². The average molecular weight is 463 g/mol. The third-order valence-corrected chi connectivity index (χ3v) is 4.83. The number of hydrogen-bond acceptors (Lipinski definition) is 8. The zero-order valence-electron chi connectivity index (χ0n) is 15.1. The molecule has 1 aromatic heterocycles. The van der Waals surface area contributed by atoms with Crippen LogP contribution in [0.3, 0.4) is 0 Å².